The minimum Gasteiger partial charge on any atom is -0.332 e. The fraction of sp³-hybridized carbons (Fsp3) is 0.462. The second-order valence-electron chi connectivity index (χ2n) is 9.22. The van der Waals surface area contributed by atoms with Crippen molar-refractivity contribution in [1.29, 1.82) is 0 Å². The molecule has 184 valence electrons. The molecule has 0 bridgehead atoms. The number of piperidine rings is 1. The summed E-state index contributed by atoms with van der Waals surface area (Å²) in [6.45, 7) is 8.54. The van der Waals surface area contributed by atoms with Crippen LogP contribution in [0, 0.1) is 19.8 Å². The number of carbonyl (C=O) groups excluding carboxylic acids is 2. The highest BCUT2D eigenvalue weighted by atomic mass is 32.2. The zero-order valence-corrected chi connectivity index (χ0v) is 21.5. The molecule has 1 heterocycles. The molecule has 1 aliphatic heterocycles. The van der Waals surface area contributed by atoms with Gasteiger partial charge in [-0.25, -0.2) is 8.42 Å². The van der Waals surface area contributed by atoms with Crippen LogP contribution in [0.4, 0.5) is 5.69 Å². The second-order valence-corrected chi connectivity index (χ2v) is 11.1. The first-order valence-corrected chi connectivity index (χ1v) is 13.2. The van der Waals surface area contributed by atoms with Gasteiger partial charge in [-0.3, -0.25) is 9.59 Å². The zero-order valence-electron chi connectivity index (χ0n) is 20.7. The fourth-order valence-electron chi connectivity index (χ4n) is 4.23. The smallest absolute Gasteiger partial charge is 0.254 e. The van der Waals surface area contributed by atoms with Gasteiger partial charge < -0.3 is 10.2 Å². The predicted octanol–water partition coefficient (Wildman–Crippen LogP) is 4.00. The van der Waals surface area contributed by atoms with Crippen molar-refractivity contribution in [2.24, 2.45) is 5.92 Å². The van der Waals surface area contributed by atoms with Gasteiger partial charge in [0.05, 0.1) is 11.4 Å². The summed E-state index contributed by atoms with van der Waals surface area (Å²) in [5.74, 6) is -0.201. The molecule has 0 atom stereocenters. The van der Waals surface area contributed by atoms with Crippen molar-refractivity contribution in [3.63, 3.8) is 0 Å². The van der Waals surface area contributed by atoms with Gasteiger partial charge in [0.2, 0.25) is 15.9 Å². The number of para-hydroxylation sites is 1. The monoisotopic (exact) mass is 485 g/mol. The van der Waals surface area contributed by atoms with Crippen LogP contribution in [0.5, 0.6) is 0 Å². The maximum Gasteiger partial charge on any atom is 0.254 e. The van der Waals surface area contributed by atoms with Gasteiger partial charge in [0.25, 0.3) is 5.91 Å². The molecule has 3 rings (SSSR count). The second kappa shape index (κ2) is 10.7. The molecule has 0 aliphatic carbocycles. The molecule has 0 radical (unpaired) electrons. The number of likely N-dealkylation sites (N-methyl/N-ethyl adjacent to an activating group) is 1. The minimum atomic E-state index is -3.71. The first-order valence-electron chi connectivity index (χ1n) is 11.8. The van der Waals surface area contributed by atoms with Crippen molar-refractivity contribution in [3.8, 4) is 0 Å². The summed E-state index contributed by atoms with van der Waals surface area (Å²) in [5, 5.41) is 2.87. The molecule has 1 fully saturated rings. The highest BCUT2D eigenvalue weighted by Gasteiger charge is 2.31. The van der Waals surface area contributed by atoms with E-state index in [9.17, 15) is 18.0 Å². The van der Waals surface area contributed by atoms with Crippen LogP contribution < -0.4 is 5.32 Å². The van der Waals surface area contributed by atoms with Gasteiger partial charge >= 0.3 is 0 Å². The van der Waals surface area contributed by atoms with E-state index in [2.05, 4.69) is 12.2 Å². The number of benzene rings is 2. The number of nitrogens with one attached hydrogen (secondary N) is 1. The molecule has 34 heavy (non-hydrogen) atoms. The number of anilines is 1. The lowest BCUT2D eigenvalue weighted by molar-refractivity contribution is -0.116. The van der Waals surface area contributed by atoms with Gasteiger partial charge in [-0.15, -0.1) is 0 Å². The average molecular weight is 486 g/mol. The summed E-state index contributed by atoms with van der Waals surface area (Å²) in [6, 6.07) is 10.7. The number of sulfonamides is 1. The van der Waals surface area contributed by atoms with Crippen molar-refractivity contribution >= 4 is 27.5 Å². The lowest BCUT2D eigenvalue weighted by atomic mass is 10.0. The molecule has 7 nitrogen and oxygen atoms in total. The van der Waals surface area contributed by atoms with Crippen molar-refractivity contribution in [3.05, 3.63) is 58.7 Å². The van der Waals surface area contributed by atoms with E-state index in [1.54, 1.807) is 27.0 Å². The molecule has 2 amide bonds. The number of rotatable bonds is 7. The minimum absolute atomic E-state index is 0.143. The van der Waals surface area contributed by atoms with E-state index in [1.807, 2.05) is 31.2 Å². The topological polar surface area (TPSA) is 86.8 Å². The summed E-state index contributed by atoms with van der Waals surface area (Å²) in [4.78, 5) is 27.2. The number of nitrogens with zero attached hydrogens (tertiary/aromatic N) is 2. The molecule has 2 aromatic rings. The van der Waals surface area contributed by atoms with Gasteiger partial charge in [0, 0.05) is 31.4 Å². The number of hydrogen-bond acceptors (Lipinski definition) is 4. The first-order chi connectivity index (χ1) is 16.0. The van der Waals surface area contributed by atoms with Crippen LogP contribution >= 0.6 is 0 Å². The third-order valence-corrected chi connectivity index (χ3v) is 8.65. The molecule has 0 aromatic heterocycles. The van der Waals surface area contributed by atoms with Gasteiger partial charge in [0.15, 0.2) is 0 Å². The average Bonchev–Trinajstić information content (AvgIpc) is 2.80. The number of hydrogen-bond donors (Lipinski definition) is 1. The quantitative estimate of drug-likeness (QED) is 0.642. The number of amides is 2. The molecule has 0 saturated carbocycles. The van der Waals surface area contributed by atoms with Gasteiger partial charge in [0.1, 0.15) is 0 Å². The van der Waals surface area contributed by atoms with Crippen LogP contribution in [-0.2, 0) is 21.2 Å². The molecular formula is C26H35N3O4S. The van der Waals surface area contributed by atoms with E-state index < -0.39 is 15.9 Å². The van der Waals surface area contributed by atoms with Crippen LogP contribution in [0.1, 0.15) is 53.7 Å². The highest BCUT2D eigenvalue weighted by molar-refractivity contribution is 7.89. The molecule has 0 unspecified atom stereocenters. The van der Waals surface area contributed by atoms with E-state index in [-0.39, 0.29) is 22.9 Å². The Kier molecular flexibility index (Phi) is 8.15. The predicted molar refractivity (Wildman–Crippen MR) is 134 cm³/mol. The Hall–Kier alpha value is -2.71. The highest BCUT2D eigenvalue weighted by Crippen LogP contribution is 2.28. The lowest BCUT2D eigenvalue weighted by Gasteiger charge is -2.30. The maximum absolute atomic E-state index is 13.4. The summed E-state index contributed by atoms with van der Waals surface area (Å²) in [7, 11) is -2.16. The van der Waals surface area contributed by atoms with Gasteiger partial charge in [-0.05, 0) is 73.9 Å². The van der Waals surface area contributed by atoms with E-state index >= 15 is 0 Å². The third-order valence-electron chi connectivity index (χ3n) is 6.63. The Bertz CT molecular complexity index is 1170. The summed E-state index contributed by atoms with van der Waals surface area (Å²) < 4.78 is 28.3. The van der Waals surface area contributed by atoms with Crippen LogP contribution in [0.25, 0.3) is 0 Å². The zero-order chi connectivity index (χ0) is 25.0. The Morgan fingerprint density at radius 1 is 1.12 bits per heavy atom. The van der Waals surface area contributed by atoms with Crippen LogP contribution in [0.2, 0.25) is 0 Å². The van der Waals surface area contributed by atoms with Gasteiger partial charge in [-0.1, -0.05) is 32.0 Å². The largest absolute Gasteiger partial charge is 0.332 e. The van der Waals surface area contributed by atoms with Crippen LogP contribution in [-0.4, -0.2) is 56.1 Å². The first kappa shape index (κ1) is 25.9. The van der Waals surface area contributed by atoms with E-state index in [0.717, 1.165) is 36.1 Å². The van der Waals surface area contributed by atoms with Crippen LogP contribution in [0.15, 0.2) is 41.3 Å². The molecular weight excluding hydrogens is 450 g/mol. The molecule has 0 spiro atoms. The van der Waals surface area contributed by atoms with Crippen molar-refractivity contribution in [1.82, 2.24) is 9.21 Å². The molecule has 1 N–H and O–H groups in total. The SMILES string of the molecule is CCc1ccccc1NC(=O)CN(C)C(=O)c1cc(C)c(C)c(S(=O)(=O)N2CCC(C)CC2)c1. The van der Waals surface area contributed by atoms with E-state index in [1.165, 1.54) is 15.3 Å². The standard InChI is InChI=1S/C26H35N3O4S/c1-6-21-9-7-8-10-23(21)27-25(30)17-28(5)26(31)22-15-19(3)20(4)24(16-22)34(32,33)29-13-11-18(2)12-14-29/h7-10,15-16,18H,6,11-14,17H2,1-5H3,(H,27,30). The van der Waals surface area contributed by atoms with Crippen LogP contribution in [0.3, 0.4) is 0 Å². The number of aryl methyl sites for hydroxylation is 2. The normalized spacial score (nSPS) is 15.2. The lowest BCUT2D eigenvalue weighted by Crippen LogP contribution is -2.38. The van der Waals surface area contributed by atoms with E-state index in [4.69, 9.17) is 0 Å². The Labute approximate surface area is 203 Å². The molecule has 1 saturated heterocycles. The Morgan fingerprint density at radius 3 is 2.41 bits per heavy atom. The molecule has 1 aliphatic rings. The number of carbonyl (C=O) groups is 2. The van der Waals surface area contributed by atoms with Crippen molar-refractivity contribution in [2.45, 2.75) is 51.9 Å². The maximum atomic E-state index is 13.4. The van der Waals surface area contributed by atoms with Gasteiger partial charge in [-0.2, -0.15) is 4.31 Å². The molecule has 8 heteroatoms. The van der Waals surface area contributed by atoms with Crippen molar-refractivity contribution < 1.29 is 18.0 Å². The Balaban J connectivity index is 1.79. The molecule has 2 aromatic carbocycles. The fourth-order valence-corrected chi connectivity index (χ4v) is 6.02. The summed E-state index contributed by atoms with van der Waals surface area (Å²) >= 11 is 0. The Morgan fingerprint density at radius 2 is 1.76 bits per heavy atom. The summed E-state index contributed by atoms with van der Waals surface area (Å²) in [5.41, 5.74) is 3.37. The van der Waals surface area contributed by atoms with Crippen molar-refractivity contribution in [2.75, 3.05) is 32.0 Å². The third kappa shape index (κ3) is 5.67. The van der Waals surface area contributed by atoms with E-state index in [0.29, 0.717) is 24.6 Å². The summed E-state index contributed by atoms with van der Waals surface area (Å²) in [6.07, 6.45) is 2.44.